The second-order valence-corrected chi connectivity index (χ2v) is 8.23. The molecule has 0 radical (unpaired) electrons. The molecule has 7 heteroatoms. The lowest BCUT2D eigenvalue weighted by Gasteiger charge is -2.08. The average molecular weight is 422 g/mol. The van der Waals surface area contributed by atoms with Gasteiger partial charge in [-0.05, 0) is 55.2 Å². The standard InChI is InChI=1S/C23H23N3O3S/c27-21(11-12-23-26-19-3-1-2-4-20(19)30-23)24-14-13-16-5-9-18(10-6-16)29-15-22(28)25-17-7-8-17/h1-6,9-12,17H,7-8,13-15H2,(H,24,27)(H,25,28). The molecule has 0 aliphatic heterocycles. The van der Waals surface area contributed by atoms with Crippen LogP contribution in [0.2, 0.25) is 0 Å². The summed E-state index contributed by atoms with van der Waals surface area (Å²) in [6.45, 7) is 0.569. The molecule has 6 nitrogen and oxygen atoms in total. The van der Waals surface area contributed by atoms with Gasteiger partial charge in [-0.2, -0.15) is 0 Å². The molecule has 1 saturated carbocycles. The predicted molar refractivity (Wildman–Crippen MR) is 118 cm³/mol. The Morgan fingerprint density at radius 3 is 2.70 bits per heavy atom. The molecule has 0 bridgehead atoms. The third-order valence-electron chi connectivity index (χ3n) is 4.64. The number of carbonyl (C=O) groups excluding carboxylic acids is 2. The van der Waals surface area contributed by atoms with E-state index < -0.39 is 0 Å². The number of nitrogens with zero attached hydrogens (tertiary/aromatic N) is 1. The van der Waals surface area contributed by atoms with E-state index in [4.69, 9.17) is 4.74 Å². The zero-order valence-electron chi connectivity index (χ0n) is 16.5. The minimum Gasteiger partial charge on any atom is -0.484 e. The van der Waals surface area contributed by atoms with Crippen molar-refractivity contribution in [3.63, 3.8) is 0 Å². The van der Waals surface area contributed by atoms with Gasteiger partial charge in [0.1, 0.15) is 10.8 Å². The van der Waals surface area contributed by atoms with E-state index in [1.54, 1.807) is 17.4 Å². The fourth-order valence-electron chi connectivity index (χ4n) is 2.90. The summed E-state index contributed by atoms with van der Waals surface area (Å²) >= 11 is 1.56. The number of ether oxygens (including phenoxy) is 1. The molecule has 0 unspecified atom stereocenters. The molecular weight excluding hydrogens is 398 g/mol. The van der Waals surface area contributed by atoms with Crippen LogP contribution in [0.1, 0.15) is 23.4 Å². The van der Waals surface area contributed by atoms with Crippen molar-refractivity contribution < 1.29 is 14.3 Å². The molecule has 2 aromatic carbocycles. The number of amides is 2. The average Bonchev–Trinajstić information content (AvgIpc) is 3.46. The van der Waals surface area contributed by atoms with E-state index in [2.05, 4.69) is 15.6 Å². The van der Waals surface area contributed by atoms with Crippen molar-refractivity contribution in [2.45, 2.75) is 25.3 Å². The van der Waals surface area contributed by atoms with Crippen LogP contribution >= 0.6 is 11.3 Å². The summed E-state index contributed by atoms with van der Waals surface area (Å²) in [7, 11) is 0. The van der Waals surface area contributed by atoms with Crippen molar-refractivity contribution in [2.24, 2.45) is 0 Å². The Balaban J connectivity index is 1.18. The number of hydrogen-bond donors (Lipinski definition) is 2. The van der Waals surface area contributed by atoms with E-state index in [-0.39, 0.29) is 18.4 Å². The quantitative estimate of drug-likeness (QED) is 0.520. The highest BCUT2D eigenvalue weighted by atomic mass is 32.1. The predicted octanol–water partition coefficient (Wildman–Crippen LogP) is 3.33. The fourth-order valence-corrected chi connectivity index (χ4v) is 3.77. The van der Waals surface area contributed by atoms with E-state index in [9.17, 15) is 9.59 Å². The van der Waals surface area contributed by atoms with Crippen LogP contribution in [0.25, 0.3) is 16.3 Å². The minimum atomic E-state index is -0.143. The van der Waals surface area contributed by atoms with E-state index >= 15 is 0 Å². The summed E-state index contributed by atoms with van der Waals surface area (Å²) in [4.78, 5) is 28.1. The smallest absolute Gasteiger partial charge is 0.258 e. The first-order valence-electron chi connectivity index (χ1n) is 9.98. The molecule has 1 fully saturated rings. The summed E-state index contributed by atoms with van der Waals surface area (Å²) in [5, 5.41) is 6.58. The van der Waals surface area contributed by atoms with Crippen LogP contribution < -0.4 is 15.4 Å². The van der Waals surface area contributed by atoms with Crippen LogP contribution in [-0.2, 0) is 16.0 Å². The number of fused-ring (bicyclic) bond motifs is 1. The van der Waals surface area contributed by atoms with Crippen LogP contribution in [0.4, 0.5) is 0 Å². The topological polar surface area (TPSA) is 80.3 Å². The number of thiazole rings is 1. The number of aromatic nitrogens is 1. The fraction of sp³-hybridized carbons (Fsp3) is 0.261. The van der Waals surface area contributed by atoms with Crippen molar-refractivity contribution in [1.29, 1.82) is 0 Å². The lowest BCUT2D eigenvalue weighted by atomic mass is 10.1. The first-order chi connectivity index (χ1) is 14.7. The van der Waals surface area contributed by atoms with Crippen LogP contribution in [0.3, 0.4) is 0 Å². The Kier molecular flexibility index (Phi) is 6.39. The monoisotopic (exact) mass is 421 g/mol. The highest BCUT2D eigenvalue weighted by molar-refractivity contribution is 7.19. The van der Waals surface area contributed by atoms with Gasteiger partial charge in [0.2, 0.25) is 5.91 Å². The molecule has 0 spiro atoms. The molecule has 0 atom stereocenters. The number of para-hydroxylation sites is 1. The summed E-state index contributed by atoms with van der Waals surface area (Å²) in [5.41, 5.74) is 2.03. The molecule has 1 heterocycles. The molecule has 1 aromatic heterocycles. The number of benzene rings is 2. The van der Waals surface area contributed by atoms with Crippen molar-refractivity contribution in [1.82, 2.24) is 15.6 Å². The van der Waals surface area contributed by atoms with Gasteiger partial charge >= 0.3 is 0 Å². The summed E-state index contributed by atoms with van der Waals surface area (Å²) < 4.78 is 6.60. The number of carbonyl (C=O) groups is 2. The highest BCUT2D eigenvalue weighted by Crippen LogP contribution is 2.22. The molecule has 4 rings (SSSR count). The lowest BCUT2D eigenvalue weighted by molar-refractivity contribution is -0.123. The summed E-state index contributed by atoms with van der Waals surface area (Å²) in [5.74, 6) is 0.437. The van der Waals surface area contributed by atoms with Gasteiger partial charge in [-0.1, -0.05) is 24.3 Å². The van der Waals surface area contributed by atoms with Crippen LogP contribution in [0, 0.1) is 0 Å². The van der Waals surface area contributed by atoms with Crippen molar-refractivity contribution in [3.8, 4) is 5.75 Å². The Morgan fingerprint density at radius 1 is 1.13 bits per heavy atom. The maximum absolute atomic E-state index is 12.0. The van der Waals surface area contributed by atoms with Gasteiger partial charge < -0.3 is 15.4 Å². The molecule has 3 aromatic rings. The van der Waals surface area contributed by atoms with Crippen molar-refractivity contribution >= 4 is 39.4 Å². The number of hydrogen-bond acceptors (Lipinski definition) is 5. The van der Waals surface area contributed by atoms with Gasteiger partial charge in [0.25, 0.3) is 5.91 Å². The van der Waals surface area contributed by atoms with E-state index in [1.807, 2.05) is 48.5 Å². The Bertz CT molecular complexity index is 1020. The van der Waals surface area contributed by atoms with E-state index in [0.717, 1.165) is 33.6 Å². The molecule has 1 aliphatic carbocycles. The lowest BCUT2D eigenvalue weighted by Crippen LogP contribution is -2.30. The molecule has 1 aliphatic rings. The largest absolute Gasteiger partial charge is 0.484 e. The second-order valence-electron chi connectivity index (χ2n) is 7.17. The minimum absolute atomic E-state index is 0.0346. The van der Waals surface area contributed by atoms with Gasteiger partial charge in [-0.3, -0.25) is 9.59 Å². The third-order valence-corrected chi connectivity index (χ3v) is 5.64. The summed E-state index contributed by atoms with van der Waals surface area (Å²) in [6.07, 6.45) is 6.10. The van der Waals surface area contributed by atoms with Crippen molar-refractivity contribution in [3.05, 3.63) is 65.2 Å². The zero-order chi connectivity index (χ0) is 20.8. The Morgan fingerprint density at radius 2 is 1.93 bits per heavy atom. The number of rotatable bonds is 9. The second kappa shape index (κ2) is 9.54. The Hall–Kier alpha value is -3.19. The Labute approximate surface area is 179 Å². The van der Waals surface area contributed by atoms with Crippen LogP contribution in [-0.4, -0.2) is 36.0 Å². The normalized spacial score (nSPS) is 13.5. The molecular formula is C23H23N3O3S. The summed E-state index contributed by atoms with van der Waals surface area (Å²) in [6, 6.07) is 15.8. The highest BCUT2D eigenvalue weighted by Gasteiger charge is 2.23. The first-order valence-corrected chi connectivity index (χ1v) is 10.8. The van der Waals surface area contributed by atoms with E-state index in [0.29, 0.717) is 24.8 Å². The molecule has 154 valence electrons. The van der Waals surface area contributed by atoms with Crippen LogP contribution in [0.15, 0.2) is 54.6 Å². The number of nitrogens with one attached hydrogen (secondary N) is 2. The van der Waals surface area contributed by atoms with Gasteiger partial charge in [0, 0.05) is 18.7 Å². The maximum Gasteiger partial charge on any atom is 0.258 e. The zero-order valence-corrected chi connectivity index (χ0v) is 17.3. The first kappa shape index (κ1) is 20.1. The van der Waals surface area contributed by atoms with E-state index in [1.165, 1.54) is 6.08 Å². The third kappa shape index (κ3) is 5.90. The molecule has 30 heavy (non-hydrogen) atoms. The molecule has 2 amide bonds. The van der Waals surface area contributed by atoms with Crippen molar-refractivity contribution in [2.75, 3.05) is 13.2 Å². The van der Waals surface area contributed by atoms with Gasteiger partial charge in [-0.15, -0.1) is 11.3 Å². The maximum atomic E-state index is 12.0. The SMILES string of the molecule is O=C(C=Cc1nc2ccccc2s1)NCCc1ccc(OCC(=O)NC2CC2)cc1. The molecule has 0 saturated heterocycles. The van der Waals surface area contributed by atoms with Gasteiger partial charge in [0.05, 0.1) is 10.2 Å². The molecule has 2 N–H and O–H groups in total. The van der Waals surface area contributed by atoms with Gasteiger partial charge in [0.15, 0.2) is 6.61 Å². The van der Waals surface area contributed by atoms with Gasteiger partial charge in [-0.25, -0.2) is 4.98 Å². The van der Waals surface area contributed by atoms with Crippen LogP contribution in [0.5, 0.6) is 5.75 Å².